The molecule has 0 atom stereocenters. The van der Waals surface area contributed by atoms with Gasteiger partial charge in [0.1, 0.15) is 0 Å². The van der Waals surface area contributed by atoms with E-state index in [0.717, 1.165) is 43.0 Å². The van der Waals surface area contributed by atoms with E-state index in [1.807, 2.05) is 17.5 Å². The quantitative estimate of drug-likeness (QED) is 0.878. The minimum atomic E-state index is -0.155. The fraction of sp³-hybridized carbons (Fsp3) is 0.450. The number of amides is 2. The molecule has 2 aliphatic rings. The van der Waals surface area contributed by atoms with Crippen molar-refractivity contribution in [3.63, 3.8) is 0 Å². The highest BCUT2D eigenvalue weighted by Gasteiger charge is 2.23. The minimum absolute atomic E-state index is 0.0370. The van der Waals surface area contributed by atoms with Gasteiger partial charge in [0, 0.05) is 36.6 Å². The van der Waals surface area contributed by atoms with Gasteiger partial charge in [-0.25, -0.2) is 4.98 Å². The van der Waals surface area contributed by atoms with Gasteiger partial charge in [-0.05, 0) is 56.1 Å². The van der Waals surface area contributed by atoms with E-state index < -0.39 is 0 Å². The Morgan fingerprint density at radius 3 is 2.78 bits per heavy atom. The predicted molar refractivity (Wildman–Crippen MR) is 107 cm³/mol. The molecule has 6 nitrogen and oxygen atoms in total. The van der Waals surface area contributed by atoms with Crippen LogP contribution in [0.15, 0.2) is 23.6 Å². The summed E-state index contributed by atoms with van der Waals surface area (Å²) in [5.74, 6) is -0.118. The molecule has 0 spiro atoms. The zero-order valence-electron chi connectivity index (χ0n) is 15.5. The maximum absolute atomic E-state index is 12.6. The lowest BCUT2D eigenvalue weighted by Crippen LogP contribution is -2.29. The Morgan fingerprint density at radius 2 is 2.00 bits per heavy atom. The fourth-order valence-electron chi connectivity index (χ4n) is 3.82. The molecule has 0 unspecified atom stereocenters. The van der Waals surface area contributed by atoms with Crippen LogP contribution in [0, 0.1) is 0 Å². The molecule has 0 radical (unpaired) electrons. The highest BCUT2D eigenvalue weighted by Crippen LogP contribution is 2.29. The maximum Gasteiger partial charge on any atom is 0.257 e. The van der Waals surface area contributed by atoms with Gasteiger partial charge in [-0.3, -0.25) is 19.8 Å². The summed E-state index contributed by atoms with van der Waals surface area (Å²) >= 11 is 1.47. The summed E-state index contributed by atoms with van der Waals surface area (Å²) in [4.78, 5) is 33.0. The molecule has 0 bridgehead atoms. The van der Waals surface area contributed by atoms with Gasteiger partial charge in [-0.2, -0.15) is 0 Å². The average molecular weight is 385 g/mol. The highest BCUT2D eigenvalue weighted by atomic mass is 32.1. The molecule has 0 aliphatic carbocycles. The van der Waals surface area contributed by atoms with Gasteiger partial charge in [0.25, 0.3) is 5.91 Å². The van der Waals surface area contributed by atoms with E-state index in [9.17, 15) is 9.59 Å². The van der Waals surface area contributed by atoms with E-state index >= 15 is 0 Å². The topological polar surface area (TPSA) is 65.5 Å². The number of fused-ring (bicyclic) bond motifs is 1. The van der Waals surface area contributed by atoms with Crippen LogP contribution in [0.25, 0.3) is 0 Å². The molecule has 1 aromatic heterocycles. The van der Waals surface area contributed by atoms with Gasteiger partial charge in [0.2, 0.25) is 5.91 Å². The number of carbonyl (C=O) groups is 2. The predicted octanol–water partition coefficient (Wildman–Crippen LogP) is 3.29. The van der Waals surface area contributed by atoms with Gasteiger partial charge in [0.15, 0.2) is 5.13 Å². The first-order valence-corrected chi connectivity index (χ1v) is 10.4. The van der Waals surface area contributed by atoms with Crippen LogP contribution in [0.3, 0.4) is 0 Å². The number of hydrogen-bond acceptors (Lipinski definition) is 5. The van der Waals surface area contributed by atoms with E-state index in [0.29, 0.717) is 17.2 Å². The summed E-state index contributed by atoms with van der Waals surface area (Å²) in [5, 5.41) is 5.57. The van der Waals surface area contributed by atoms with Crippen molar-refractivity contribution in [1.29, 1.82) is 0 Å². The zero-order valence-corrected chi connectivity index (χ0v) is 16.3. The van der Waals surface area contributed by atoms with Crippen molar-refractivity contribution < 1.29 is 9.59 Å². The molecule has 4 rings (SSSR count). The van der Waals surface area contributed by atoms with Crippen molar-refractivity contribution in [2.45, 2.75) is 39.2 Å². The number of carbonyl (C=O) groups excluding carboxylic acids is 2. The number of benzene rings is 1. The zero-order chi connectivity index (χ0) is 18.8. The van der Waals surface area contributed by atoms with Crippen LogP contribution < -0.4 is 10.2 Å². The van der Waals surface area contributed by atoms with Crippen molar-refractivity contribution in [1.82, 2.24) is 9.88 Å². The standard InChI is InChI=1S/C20H24N4O2S/c1-14(25)24-10-7-15-11-16(5-6-18(15)24)19(26)22-20-21-17(13-27-20)12-23-8-3-2-4-9-23/h5-6,11,13H,2-4,7-10,12H2,1H3,(H,21,22,26). The van der Waals surface area contributed by atoms with E-state index in [1.165, 1.54) is 30.6 Å². The van der Waals surface area contributed by atoms with Gasteiger partial charge in [-0.1, -0.05) is 6.42 Å². The Labute approximate surface area is 163 Å². The summed E-state index contributed by atoms with van der Waals surface area (Å²) in [6.07, 6.45) is 4.62. The third kappa shape index (κ3) is 4.04. The molecule has 142 valence electrons. The first-order chi connectivity index (χ1) is 13.1. The number of nitrogens with one attached hydrogen (secondary N) is 1. The molecule has 1 saturated heterocycles. The van der Waals surface area contributed by atoms with E-state index in [1.54, 1.807) is 17.9 Å². The number of anilines is 2. The number of likely N-dealkylation sites (tertiary alicyclic amines) is 1. The van der Waals surface area contributed by atoms with Gasteiger partial charge >= 0.3 is 0 Å². The Hall–Kier alpha value is -2.25. The summed E-state index contributed by atoms with van der Waals surface area (Å²) < 4.78 is 0. The largest absolute Gasteiger partial charge is 0.312 e. The molecule has 1 fully saturated rings. The molecule has 3 heterocycles. The van der Waals surface area contributed by atoms with Crippen LogP contribution in [-0.2, 0) is 17.8 Å². The van der Waals surface area contributed by atoms with Gasteiger partial charge < -0.3 is 4.90 Å². The van der Waals surface area contributed by atoms with Crippen molar-refractivity contribution in [2.75, 3.05) is 29.9 Å². The third-order valence-corrected chi connectivity index (χ3v) is 6.03. The highest BCUT2D eigenvalue weighted by molar-refractivity contribution is 7.14. The molecule has 0 saturated carbocycles. The molecule has 2 amide bonds. The lowest BCUT2D eigenvalue weighted by atomic mass is 10.1. The van der Waals surface area contributed by atoms with Crippen LogP contribution in [0.5, 0.6) is 0 Å². The van der Waals surface area contributed by atoms with Crippen LogP contribution in [0.2, 0.25) is 0 Å². The van der Waals surface area contributed by atoms with Crippen LogP contribution in [0.4, 0.5) is 10.8 Å². The second-order valence-electron chi connectivity index (χ2n) is 7.20. The number of piperidine rings is 1. The first kappa shape index (κ1) is 18.1. The van der Waals surface area contributed by atoms with Crippen molar-refractivity contribution in [2.24, 2.45) is 0 Å². The minimum Gasteiger partial charge on any atom is -0.312 e. The molecule has 7 heteroatoms. The molecule has 1 aromatic carbocycles. The Morgan fingerprint density at radius 1 is 1.19 bits per heavy atom. The summed E-state index contributed by atoms with van der Waals surface area (Å²) in [6, 6.07) is 5.52. The van der Waals surface area contributed by atoms with Crippen LogP contribution in [0.1, 0.15) is 47.8 Å². The summed E-state index contributed by atoms with van der Waals surface area (Å²) in [6.45, 7) is 5.37. The van der Waals surface area contributed by atoms with Crippen molar-refractivity contribution in [3.8, 4) is 0 Å². The van der Waals surface area contributed by atoms with Crippen molar-refractivity contribution >= 4 is 34.0 Å². The van der Waals surface area contributed by atoms with Crippen molar-refractivity contribution in [3.05, 3.63) is 40.4 Å². The number of nitrogens with zero attached hydrogens (tertiary/aromatic N) is 3. The monoisotopic (exact) mass is 384 g/mol. The van der Waals surface area contributed by atoms with E-state index in [-0.39, 0.29) is 11.8 Å². The second-order valence-corrected chi connectivity index (χ2v) is 8.06. The lowest BCUT2D eigenvalue weighted by Gasteiger charge is -2.25. The number of hydrogen-bond donors (Lipinski definition) is 1. The molecule has 27 heavy (non-hydrogen) atoms. The van der Waals surface area contributed by atoms with Gasteiger partial charge in [-0.15, -0.1) is 11.3 Å². The smallest absolute Gasteiger partial charge is 0.257 e. The molecular weight excluding hydrogens is 360 g/mol. The molecular formula is C20H24N4O2S. The fourth-order valence-corrected chi connectivity index (χ4v) is 4.52. The number of aromatic nitrogens is 1. The van der Waals surface area contributed by atoms with Crippen LogP contribution >= 0.6 is 11.3 Å². The lowest BCUT2D eigenvalue weighted by molar-refractivity contribution is -0.116. The van der Waals surface area contributed by atoms with E-state index in [2.05, 4.69) is 15.2 Å². The Kier molecular flexibility index (Phi) is 5.22. The SMILES string of the molecule is CC(=O)N1CCc2cc(C(=O)Nc3nc(CN4CCCCC4)cs3)ccc21. The number of thiazole rings is 1. The van der Waals surface area contributed by atoms with Crippen LogP contribution in [-0.4, -0.2) is 41.3 Å². The Balaban J connectivity index is 1.40. The second kappa shape index (κ2) is 7.78. The first-order valence-electron chi connectivity index (χ1n) is 9.49. The Bertz CT molecular complexity index is 857. The summed E-state index contributed by atoms with van der Waals surface area (Å²) in [7, 11) is 0. The third-order valence-electron chi connectivity index (χ3n) is 5.22. The van der Waals surface area contributed by atoms with Gasteiger partial charge in [0.05, 0.1) is 5.69 Å². The normalized spacial score (nSPS) is 17.0. The van der Waals surface area contributed by atoms with E-state index in [4.69, 9.17) is 0 Å². The molecule has 2 aromatic rings. The number of rotatable bonds is 4. The maximum atomic E-state index is 12.6. The summed E-state index contributed by atoms with van der Waals surface area (Å²) in [5.41, 5.74) is 3.58. The molecule has 2 aliphatic heterocycles. The average Bonchev–Trinajstić information content (AvgIpc) is 3.28. The molecule has 1 N–H and O–H groups in total.